The van der Waals surface area contributed by atoms with Crippen molar-refractivity contribution in [3.05, 3.63) is 76.4 Å². The molecule has 0 spiro atoms. The first kappa shape index (κ1) is 21.1. The number of rotatable bonds is 6. The highest BCUT2D eigenvalue weighted by Crippen LogP contribution is 2.25. The Bertz CT molecular complexity index is 1190. The minimum absolute atomic E-state index is 0.0711. The van der Waals surface area contributed by atoms with Gasteiger partial charge in [-0.25, -0.2) is 18.1 Å². The van der Waals surface area contributed by atoms with Crippen LogP contribution in [-0.4, -0.2) is 52.2 Å². The highest BCUT2D eigenvalue weighted by atomic mass is 32.2. The van der Waals surface area contributed by atoms with Gasteiger partial charge in [0.05, 0.1) is 21.5 Å². The third-order valence-electron chi connectivity index (χ3n) is 4.74. The lowest BCUT2D eigenvalue weighted by Crippen LogP contribution is -2.29. The normalized spacial score (nSPS) is 12.4. The van der Waals surface area contributed by atoms with Gasteiger partial charge in [-0.2, -0.15) is 5.10 Å². The van der Waals surface area contributed by atoms with Gasteiger partial charge < -0.3 is 4.90 Å². The van der Waals surface area contributed by atoms with Crippen LogP contribution in [0.15, 0.2) is 60.0 Å². The van der Waals surface area contributed by atoms with Crippen LogP contribution < -0.4 is 0 Å². The summed E-state index contributed by atoms with van der Waals surface area (Å²) in [6.07, 6.45) is 3.92. The molecule has 0 aliphatic heterocycles. The van der Waals surface area contributed by atoms with Crippen LogP contribution in [-0.2, 0) is 9.84 Å². The van der Waals surface area contributed by atoms with E-state index in [-0.39, 0.29) is 16.5 Å². The zero-order valence-electron chi connectivity index (χ0n) is 16.5. The Morgan fingerprint density at radius 3 is 2.40 bits per heavy atom. The van der Waals surface area contributed by atoms with Crippen molar-refractivity contribution in [2.45, 2.75) is 17.9 Å². The highest BCUT2D eigenvalue weighted by molar-refractivity contribution is 7.90. The molecule has 1 heterocycles. The summed E-state index contributed by atoms with van der Waals surface area (Å²) in [6, 6.07) is 10.1. The van der Waals surface area contributed by atoms with Gasteiger partial charge in [0, 0.05) is 31.0 Å². The number of hydrogen-bond acceptors (Lipinski definition) is 7. The Morgan fingerprint density at radius 1 is 1.20 bits per heavy atom. The molecule has 0 aliphatic rings. The molecular formula is C19H19N5O5S. The van der Waals surface area contributed by atoms with E-state index in [1.54, 1.807) is 25.0 Å². The molecule has 156 valence electrons. The van der Waals surface area contributed by atoms with Crippen LogP contribution in [0.5, 0.6) is 0 Å². The number of non-ortho nitro benzene ring substituents is 1. The molecule has 2 aromatic carbocycles. The van der Waals surface area contributed by atoms with E-state index in [2.05, 4.69) is 10.1 Å². The second-order valence-electron chi connectivity index (χ2n) is 6.77. The Morgan fingerprint density at radius 2 is 1.87 bits per heavy atom. The Labute approximate surface area is 172 Å². The quantitative estimate of drug-likeness (QED) is 0.435. The molecule has 3 rings (SSSR count). The van der Waals surface area contributed by atoms with Crippen molar-refractivity contribution in [1.82, 2.24) is 19.7 Å². The monoisotopic (exact) mass is 429 g/mol. The van der Waals surface area contributed by atoms with Gasteiger partial charge in [0.2, 0.25) is 0 Å². The number of nitrogens with zero attached hydrogens (tertiary/aromatic N) is 5. The van der Waals surface area contributed by atoms with E-state index in [0.29, 0.717) is 0 Å². The number of hydrogen-bond donors (Lipinski definition) is 0. The Hall–Kier alpha value is -3.60. The summed E-state index contributed by atoms with van der Waals surface area (Å²) in [5, 5.41) is 15.2. The number of benzene rings is 2. The largest absolute Gasteiger partial charge is 0.335 e. The molecule has 0 N–H and O–H groups in total. The van der Waals surface area contributed by atoms with Crippen LogP contribution in [0.1, 0.15) is 28.9 Å². The molecule has 1 amide bonds. The number of carbonyl (C=O) groups is 1. The van der Waals surface area contributed by atoms with Crippen molar-refractivity contribution >= 4 is 21.4 Å². The summed E-state index contributed by atoms with van der Waals surface area (Å²) < 4.78 is 25.4. The SMILES string of the molecule is CC(c1ccc(-n2cncn2)cc1)N(C)C(=O)c1cc([N+](=O)[O-])cc(S(C)(=O)=O)c1. The lowest BCUT2D eigenvalue weighted by molar-refractivity contribution is -0.385. The molecule has 1 aromatic heterocycles. The Balaban J connectivity index is 1.89. The lowest BCUT2D eigenvalue weighted by atomic mass is 10.1. The molecule has 0 fully saturated rings. The van der Waals surface area contributed by atoms with Crippen LogP contribution >= 0.6 is 0 Å². The Kier molecular flexibility index (Phi) is 5.65. The molecule has 1 unspecified atom stereocenters. The maximum absolute atomic E-state index is 13.0. The van der Waals surface area contributed by atoms with Gasteiger partial charge >= 0.3 is 0 Å². The number of sulfone groups is 1. The van der Waals surface area contributed by atoms with Crippen molar-refractivity contribution in [2.24, 2.45) is 0 Å². The predicted molar refractivity (Wildman–Crippen MR) is 108 cm³/mol. The summed E-state index contributed by atoms with van der Waals surface area (Å²) >= 11 is 0. The minimum Gasteiger partial charge on any atom is -0.335 e. The fraction of sp³-hybridized carbons (Fsp3) is 0.211. The maximum atomic E-state index is 13.0. The third-order valence-corrected chi connectivity index (χ3v) is 5.83. The average molecular weight is 429 g/mol. The van der Waals surface area contributed by atoms with Crippen LogP contribution in [0.25, 0.3) is 5.69 Å². The van der Waals surface area contributed by atoms with Crippen LogP contribution in [0, 0.1) is 10.1 Å². The molecule has 10 nitrogen and oxygen atoms in total. The second kappa shape index (κ2) is 8.03. The number of nitro benzene ring substituents is 1. The van der Waals surface area contributed by atoms with Crippen molar-refractivity contribution < 1.29 is 18.1 Å². The molecule has 0 saturated heterocycles. The molecule has 3 aromatic rings. The smallest absolute Gasteiger partial charge is 0.271 e. The molecule has 0 aliphatic carbocycles. The lowest BCUT2D eigenvalue weighted by Gasteiger charge is -2.25. The van der Waals surface area contributed by atoms with Crippen LogP contribution in [0.2, 0.25) is 0 Å². The fourth-order valence-corrected chi connectivity index (χ4v) is 3.55. The highest BCUT2D eigenvalue weighted by Gasteiger charge is 2.24. The van der Waals surface area contributed by atoms with Crippen LogP contribution in [0.4, 0.5) is 5.69 Å². The molecule has 11 heteroatoms. The minimum atomic E-state index is -3.73. The summed E-state index contributed by atoms with van der Waals surface area (Å²) in [5.41, 5.74) is 1.09. The summed E-state index contributed by atoms with van der Waals surface area (Å²) in [6.45, 7) is 1.80. The first-order valence-electron chi connectivity index (χ1n) is 8.79. The fourth-order valence-electron chi connectivity index (χ4n) is 2.88. The van der Waals surface area contributed by atoms with Gasteiger partial charge in [-0.1, -0.05) is 12.1 Å². The summed E-state index contributed by atoms with van der Waals surface area (Å²) in [7, 11) is -2.17. The van der Waals surface area contributed by atoms with E-state index >= 15 is 0 Å². The van der Waals surface area contributed by atoms with Crippen molar-refractivity contribution in [1.29, 1.82) is 0 Å². The van der Waals surface area contributed by atoms with E-state index in [1.165, 1.54) is 11.2 Å². The summed E-state index contributed by atoms with van der Waals surface area (Å²) in [5.74, 6) is -0.531. The molecule has 0 saturated carbocycles. The second-order valence-corrected chi connectivity index (χ2v) is 8.78. The number of nitro groups is 1. The van der Waals surface area contributed by atoms with Gasteiger partial charge in [0.25, 0.3) is 11.6 Å². The van der Waals surface area contributed by atoms with E-state index in [4.69, 9.17) is 0 Å². The van der Waals surface area contributed by atoms with Crippen molar-refractivity contribution in [3.8, 4) is 5.69 Å². The molecular weight excluding hydrogens is 410 g/mol. The van der Waals surface area contributed by atoms with Crippen LogP contribution in [0.3, 0.4) is 0 Å². The van der Waals surface area contributed by atoms with Gasteiger partial charge in [0.15, 0.2) is 9.84 Å². The summed E-state index contributed by atoms with van der Waals surface area (Å²) in [4.78, 5) is 28.4. The first-order valence-corrected chi connectivity index (χ1v) is 10.7. The zero-order chi connectivity index (χ0) is 22.1. The van der Waals surface area contributed by atoms with Gasteiger partial charge in [-0.3, -0.25) is 14.9 Å². The zero-order valence-corrected chi connectivity index (χ0v) is 17.3. The standard InChI is InChI=1S/C19H19N5O5S/c1-13(14-4-6-16(7-5-14)23-12-20-11-21-23)22(2)19(25)15-8-17(24(26)27)10-18(9-15)30(3,28)29/h4-13H,1-3H3. The van der Waals surface area contributed by atoms with E-state index in [0.717, 1.165) is 35.7 Å². The van der Waals surface area contributed by atoms with Gasteiger partial charge in [-0.15, -0.1) is 0 Å². The first-order chi connectivity index (χ1) is 14.1. The predicted octanol–water partition coefficient (Wildman–Crippen LogP) is 2.41. The topological polar surface area (TPSA) is 128 Å². The average Bonchev–Trinajstić information content (AvgIpc) is 3.26. The molecule has 1 atom stereocenters. The molecule has 30 heavy (non-hydrogen) atoms. The van der Waals surface area contributed by atoms with Gasteiger partial charge in [-0.05, 0) is 30.7 Å². The van der Waals surface area contributed by atoms with Crippen molar-refractivity contribution in [3.63, 3.8) is 0 Å². The number of aromatic nitrogens is 3. The van der Waals surface area contributed by atoms with Gasteiger partial charge in [0.1, 0.15) is 12.7 Å². The molecule has 0 radical (unpaired) electrons. The number of amides is 1. The van der Waals surface area contributed by atoms with E-state index < -0.39 is 26.4 Å². The maximum Gasteiger partial charge on any atom is 0.271 e. The van der Waals surface area contributed by atoms with E-state index in [9.17, 15) is 23.3 Å². The third kappa shape index (κ3) is 4.35. The van der Waals surface area contributed by atoms with E-state index in [1.807, 2.05) is 24.3 Å². The number of carbonyl (C=O) groups excluding carboxylic acids is 1. The van der Waals surface area contributed by atoms with Crippen molar-refractivity contribution in [2.75, 3.05) is 13.3 Å². The molecule has 0 bridgehead atoms.